The maximum Gasteiger partial charge on any atom is 0.224 e. The van der Waals surface area contributed by atoms with Crippen LogP contribution in [0.1, 0.15) is 37.7 Å². The highest BCUT2D eigenvalue weighted by atomic mass is 16.3. The molecule has 0 unspecified atom stereocenters. The molecule has 0 spiro atoms. The molecule has 4 N–H and O–H groups in total. The Kier molecular flexibility index (Phi) is 4.43. The van der Waals surface area contributed by atoms with Crippen LogP contribution in [-0.4, -0.2) is 23.2 Å². The molecule has 4 heteroatoms. The Morgan fingerprint density at radius 3 is 2.47 bits per heavy atom. The van der Waals surface area contributed by atoms with Crippen molar-refractivity contribution in [2.24, 2.45) is 0 Å². The minimum atomic E-state index is -0.699. The Morgan fingerprint density at radius 2 is 1.84 bits per heavy atom. The molecule has 19 heavy (non-hydrogen) atoms. The topological polar surface area (TPSA) is 75.4 Å². The zero-order valence-corrected chi connectivity index (χ0v) is 11.2. The Labute approximate surface area is 114 Å². The number of hydrogen-bond acceptors (Lipinski definition) is 3. The lowest BCUT2D eigenvalue weighted by molar-refractivity contribution is -0.122. The van der Waals surface area contributed by atoms with Gasteiger partial charge in [-0.15, -0.1) is 0 Å². The molecule has 1 aliphatic rings. The molecule has 104 valence electrons. The van der Waals surface area contributed by atoms with E-state index in [1.54, 1.807) is 12.1 Å². The predicted octanol–water partition coefficient (Wildman–Crippen LogP) is 1.62. The molecule has 0 atom stereocenters. The van der Waals surface area contributed by atoms with Gasteiger partial charge in [0, 0.05) is 12.2 Å². The number of amides is 1. The van der Waals surface area contributed by atoms with E-state index in [9.17, 15) is 9.90 Å². The van der Waals surface area contributed by atoms with Crippen LogP contribution in [0.4, 0.5) is 5.69 Å². The number of carbonyl (C=O) groups is 1. The summed E-state index contributed by atoms with van der Waals surface area (Å²) >= 11 is 0. The molecule has 1 amide bonds. The monoisotopic (exact) mass is 262 g/mol. The van der Waals surface area contributed by atoms with Crippen molar-refractivity contribution in [3.63, 3.8) is 0 Å². The molecule has 2 rings (SSSR count). The molecule has 1 saturated carbocycles. The first-order chi connectivity index (χ1) is 9.07. The Morgan fingerprint density at radius 1 is 1.21 bits per heavy atom. The normalized spacial score (nSPS) is 17.9. The SMILES string of the molecule is Nc1ccc(CC(=O)NCC2(O)CCCCC2)cc1. The molecule has 1 aliphatic carbocycles. The van der Waals surface area contributed by atoms with Crippen LogP contribution in [0.5, 0.6) is 0 Å². The summed E-state index contributed by atoms with van der Waals surface area (Å²) in [5.41, 5.74) is 6.53. The van der Waals surface area contributed by atoms with E-state index < -0.39 is 5.60 Å². The lowest BCUT2D eigenvalue weighted by Crippen LogP contribution is -2.44. The number of carbonyl (C=O) groups excluding carboxylic acids is 1. The number of hydrogen-bond donors (Lipinski definition) is 3. The fourth-order valence-electron chi connectivity index (χ4n) is 2.53. The third kappa shape index (κ3) is 4.24. The molecule has 1 fully saturated rings. The van der Waals surface area contributed by atoms with Gasteiger partial charge in [0.15, 0.2) is 0 Å². The molecule has 4 nitrogen and oxygen atoms in total. The van der Waals surface area contributed by atoms with Crippen molar-refractivity contribution in [3.05, 3.63) is 29.8 Å². The minimum Gasteiger partial charge on any atom is -0.399 e. The molecular weight excluding hydrogens is 240 g/mol. The standard InChI is InChI=1S/C15H22N2O2/c16-13-6-4-12(5-7-13)10-14(18)17-11-15(19)8-2-1-3-9-15/h4-7,19H,1-3,8-11,16H2,(H,17,18). The van der Waals surface area contributed by atoms with Crippen LogP contribution >= 0.6 is 0 Å². The van der Waals surface area contributed by atoms with E-state index in [2.05, 4.69) is 5.32 Å². The third-order valence-corrected chi connectivity index (χ3v) is 3.74. The third-order valence-electron chi connectivity index (χ3n) is 3.74. The average molecular weight is 262 g/mol. The fraction of sp³-hybridized carbons (Fsp3) is 0.533. The molecule has 1 aromatic rings. The first-order valence-electron chi connectivity index (χ1n) is 6.91. The van der Waals surface area contributed by atoms with Crippen LogP contribution in [0.15, 0.2) is 24.3 Å². The first-order valence-corrected chi connectivity index (χ1v) is 6.91. The van der Waals surface area contributed by atoms with E-state index in [4.69, 9.17) is 5.73 Å². The zero-order chi connectivity index (χ0) is 13.7. The van der Waals surface area contributed by atoms with Crippen molar-refractivity contribution >= 4 is 11.6 Å². The molecule has 0 radical (unpaired) electrons. The van der Waals surface area contributed by atoms with E-state index in [0.717, 1.165) is 31.2 Å². The van der Waals surface area contributed by atoms with Gasteiger partial charge in [-0.05, 0) is 30.5 Å². The molecule has 0 bridgehead atoms. The van der Waals surface area contributed by atoms with Crippen LogP contribution in [0.25, 0.3) is 0 Å². The molecule has 1 aromatic carbocycles. The van der Waals surface area contributed by atoms with Gasteiger partial charge >= 0.3 is 0 Å². The summed E-state index contributed by atoms with van der Waals surface area (Å²) < 4.78 is 0. The summed E-state index contributed by atoms with van der Waals surface area (Å²) in [4.78, 5) is 11.8. The van der Waals surface area contributed by atoms with Crippen molar-refractivity contribution in [2.45, 2.75) is 44.1 Å². The highest BCUT2D eigenvalue weighted by Gasteiger charge is 2.29. The second kappa shape index (κ2) is 6.06. The van der Waals surface area contributed by atoms with Gasteiger partial charge in [-0.3, -0.25) is 4.79 Å². The highest BCUT2D eigenvalue weighted by molar-refractivity contribution is 5.78. The number of nitrogen functional groups attached to an aromatic ring is 1. The second-order valence-corrected chi connectivity index (χ2v) is 5.48. The van der Waals surface area contributed by atoms with Gasteiger partial charge < -0.3 is 16.2 Å². The summed E-state index contributed by atoms with van der Waals surface area (Å²) in [6.07, 6.45) is 5.18. The molecular formula is C15H22N2O2. The lowest BCUT2D eigenvalue weighted by atomic mass is 9.85. The maximum absolute atomic E-state index is 11.8. The number of aliphatic hydroxyl groups is 1. The van der Waals surface area contributed by atoms with Crippen LogP contribution in [-0.2, 0) is 11.2 Å². The largest absolute Gasteiger partial charge is 0.399 e. The van der Waals surface area contributed by atoms with Gasteiger partial charge in [-0.1, -0.05) is 31.4 Å². The van der Waals surface area contributed by atoms with Crippen molar-refractivity contribution in [2.75, 3.05) is 12.3 Å². The van der Waals surface area contributed by atoms with Gasteiger partial charge in [-0.2, -0.15) is 0 Å². The summed E-state index contributed by atoms with van der Waals surface area (Å²) in [5.74, 6) is -0.0521. The van der Waals surface area contributed by atoms with Crippen molar-refractivity contribution < 1.29 is 9.90 Å². The van der Waals surface area contributed by atoms with Crippen molar-refractivity contribution in [1.82, 2.24) is 5.32 Å². The van der Waals surface area contributed by atoms with E-state index in [0.29, 0.717) is 18.7 Å². The number of anilines is 1. The van der Waals surface area contributed by atoms with Crippen molar-refractivity contribution in [1.29, 1.82) is 0 Å². The molecule has 0 heterocycles. The zero-order valence-electron chi connectivity index (χ0n) is 11.2. The van der Waals surface area contributed by atoms with E-state index in [1.807, 2.05) is 12.1 Å². The van der Waals surface area contributed by atoms with E-state index in [-0.39, 0.29) is 5.91 Å². The van der Waals surface area contributed by atoms with Gasteiger partial charge in [-0.25, -0.2) is 0 Å². The van der Waals surface area contributed by atoms with Gasteiger partial charge in [0.2, 0.25) is 5.91 Å². The Balaban J connectivity index is 1.79. The van der Waals surface area contributed by atoms with E-state index in [1.165, 1.54) is 6.42 Å². The van der Waals surface area contributed by atoms with Crippen molar-refractivity contribution in [3.8, 4) is 0 Å². The van der Waals surface area contributed by atoms with Gasteiger partial charge in [0.25, 0.3) is 0 Å². The first kappa shape index (κ1) is 13.9. The number of nitrogens with one attached hydrogen (secondary N) is 1. The quantitative estimate of drug-likeness (QED) is 0.722. The highest BCUT2D eigenvalue weighted by Crippen LogP contribution is 2.27. The Hall–Kier alpha value is -1.55. The lowest BCUT2D eigenvalue weighted by Gasteiger charge is -2.32. The van der Waals surface area contributed by atoms with Crippen LogP contribution in [0, 0.1) is 0 Å². The summed E-state index contributed by atoms with van der Waals surface area (Å²) in [5, 5.41) is 13.1. The van der Waals surface area contributed by atoms with Crippen LogP contribution < -0.4 is 11.1 Å². The summed E-state index contributed by atoms with van der Waals surface area (Å²) in [6, 6.07) is 7.28. The number of nitrogens with two attached hydrogens (primary N) is 1. The average Bonchev–Trinajstić information content (AvgIpc) is 2.40. The van der Waals surface area contributed by atoms with Crippen LogP contribution in [0.3, 0.4) is 0 Å². The smallest absolute Gasteiger partial charge is 0.224 e. The maximum atomic E-state index is 11.8. The Bertz CT molecular complexity index is 422. The number of rotatable bonds is 4. The molecule has 0 aromatic heterocycles. The minimum absolute atomic E-state index is 0.0521. The van der Waals surface area contributed by atoms with E-state index >= 15 is 0 Å². The van der Waals surface area contributed by atoms with Crippen LogP contribution in [0.2, 0.25) is 0 Å². The second-order valence-electron chi connectivity index (χ2n) is 5.48. The summed E-state index contributed by atoms with van der Waals surface area (Å²) in [6.45, 7) is 0.362. The molecule has 0 saturated heterocycles. The predicted molar refractivity (Wildman–Crippen MR) is 75.6 cm³/mol. The summed E-state index contributed by atoms with van der Waals surface area (Å²) in [7, 11) is 0. The molecule has 0 aliphatic heterocycles. The fourth-order valence-corrected chi connectivity index (χ4v) is 2.53. The number of benzene rings is 1. The van der Waals surface area contributed by atoms with Gasteiger partial charge in [0.05, 0.1) is 12.0 Å². The van der Waals surface area contributed by atoms with Gasteiger partial charge in [0.1, 0.15) is 0 Å².